The molecule has 0 saturated carbocycles. The minimum Gasteiger partial charge on any atom is -0.495 e. The second kappa shape index (κ2) is 9.55. The lowest BCUT2D eigenvalue weighted by Gasteiger charge is -2.22. The molecule has 0 unspecified atom stereocenters. The van der Waals surface area contributed by atoms with Crippen LogP contribution < -0.4 is 10.1 Å². The van der Waals surface area contributed by atoms with Gasteiger partial charge in [0, 0.05) is 13.1 Å². The number of benzene rings is 3. The van der Waals surface area contributed by atoms with Gasteiger partial charge in [-0.25, -0.2) is 0 Å². The summed E-state index contributed by atoms with van der Waals surface area (Å²) in [6.45, 7) is 1.70. The quantitative estimate of drug-likeness (QED) is 0.650. The number of hydrogen-bond acceptors (Lipinski definition) is 3. The Kier molecular flexibility index (Phi) is 6.61. The van der Waals surface area contributed by atoms with Crippen LogP contribution in [0.15, 0.2) is 84.9 Å². The average molecular weight is 360 g/mol. The molecule has 0 aliphatic rings. The van der Waals surface area contributed by atoms with Gasteiger partial charge in [-0.15, -0.1) is 0 Å². The van der Waals surface area contributed by atoms with Gasteiger partial charge in [-0.1, -0.05) is 72.8 Å². The lowest BCUT2D eigenvalue weighted by Crippen LogP contribution is -2.32. The van der Waals surface area contributed by atoms with Gasteiger partial charge in [-0.3, -0.25) is 9.69 Å². The highest BCUT2D eigenvalue weighted by molar-refractivity contribution is 5.93. The van der Waals surface area contributed by atoms with E-state index in [1.807, 2.05) is 60.7 Å². The van der Waals surface area contributed by atoms with E-state index >= 15 is 0 Å². The van der Waals surface area contributed by atoms with E-state index in [0.29, 0.717) is 31.1 Å². The van der Waals surface area contributed by atoms with E-state index in [0.717, 1.165) is 0 Å². The van der Waals surface area contributed by atoms with Crippen molar-refractivity contribution >= 4 is 11.6 Å². The molecule has 4 nitrogen and oxygen atoms in total. The molecule has 0 heterocycles. The van der Waals surface area contributed by atoms with Crippen LogP contribution in [0, 0.1) is 0 Å². The number of nitrogens with one attached hydrogen (secondary N) is 1. The van der Waals surface area contributed by atoms with Crippen LogP contribution in [0.2, 0.25) is 0 Å². The van der Waals surface area contributed by atoms with Gasteiger partial charge >= 0.3 is 0 Å². The summed E-state index contributed by atoms with van der Waals surface area (Å²) in [4.78, 5) is 14.8. The predicted octanol–water partition coefficient (Wildman–Crippen LogP) is 4.34. The van der Waals surface area contributed by atoms with Crippen LogP contribution in [0.25, 0.3) is 0 Å². The molecule has 1 amide bonds. The van der Waals surface area contributed by atoms with E-state index in [-0.39, 0.29) is 5.91 Å². The molecule has 27 heavy (non-hydrogen) atoms. The first-order valence-electron chi connectivity index (χ1n) is 8.97. The molecule has 3 rings (SSSR count). The average Bonchev–Trinajstić information content (AvgIpc) is 2.70. The highest BCUT2D eigenvalue weighted by atomic mass is 16.5. The first kappa shape index (κ1) is 18.7. The van der Waals surface area contributed by atoms with Gasteiger partial charge in [0.15, 0.2) is 0 Å². The molecule has 138 valence electrons. The van der Waals surface area contributed by atoms with E-state index in [9.17, 15) is 4.79 Å². The van der Waals surface area contributed by atoms with Gasteiger partial charge in [0.2, 0.25) is 5.91 Å². The Labute approximate surface area is 160 Å². The van der Waals surface area contributed by atoms with Crippen molar-refractivity contribution in [2.24, 2.45) is 0 Å². The standard InChI is InChI=1S/C23H24N2O2/c1-27-22-15-9-8-14-21(22)24-23(26)18-25(16-19-10-4-2-5-11-19)17-20-12-6-3-7-13-20/h2-15H,16-18H2,1H3,(H,24,26). The summed E-state index contributed by atoms with van der Waals surface area (Å²) < 4.78 is 5.31. The number of carbonyl (C=O) groups is 1. The van der Waals surface area contributed by atoms with Crippen LogP contribution >= 0.6 is 0 Å². The maximum absolute atomic E-state index is 12.7. The smallest absolute Gasteiger partial charge is 0.238 e. The van der Waals surface area contributed by atoms with Crippen molar-refractivity contribution in [3.63, 3.8) is 0 Å². The second-order valence-corrected chi connectivity index (χ2v) is 6.36. The molecule has 3 aromatic carbocycles. The fourth-order valence-corrected chi connectivity index (χ4v) is 2.99. The number of anilines is 1. The molecule has 0 aromatic heterocycles. The summed E-state index contributed by atoms with van der Waals surface area (Å²) in [5, 5.41) is 2.96. The van der Waals surface area contributed by atoms with Crippen LogP contribution in [0.3, 0.4) is 0 Å². The van der Waals surface area contributed by atoms with Crippen LogP contribution in [0.1, 0.15) is 11.1 Å². The number of carbonyl (C=O) groups excluding carboxylic acids is 1. The molecular formula is C23H24N2O2. The minimum atomic E-state index is -0.0636. The SMILES string of the molecule is COc1ccccc1NC(=O)CN(Cc1ccccc1)Cc1ccccc1. The maximum Gasteiger partial charge on any atom is 0.238 e. The van der Waals surface area contributed by atoms with E-state index in [4.69, 9.17) is 4.74 Å². The molecule has 0 aliphatic carbocycles. The minimum absolute atomic E-state index is 0.0636. The molecular weight excluding hydrogens is 336 g/mol. The number of hydrogen-bond donors (Lipinski definition) is 1. The van der Waals surface area contributed by atoms with Crippen molar-refractivity contribution in [1.29, 1.82) is 0 Å². The zero-order valence-corrected chi connectivity index (χ0v) is 15.5. The fraction of sp³-hybridized carbons (Fsp3) is 0.174. The van der Waals surface area contributed by atoms with Gasteiger partial charge in [0.25, 0.3) is 0 Å². The molecule has 0 bridgehead atoms. The number of ether oxygens (including phenoxy) is 1. The Bertz CT molecular complexity index is 809. The van der Waals surface area contributed by atoms with Crippen molar-refractivity contribution in [2.45, 2.75) is 13.1 Å². The van der Waals surface area contributed by atoms with Gasteiger partial charge < -0.3 is 10.1 Å². The van der Waals surface area contributed by atoms with E-state index in [1.165, 1.54) is 11.1 Å². The van der Waals surface area contributed by atoms with Crippen molar-refractivity contribution in [3.8, 4) is 5.75 Å². The zero-order valence-electron chi connectivity index (χ0n) is 15.5. The lowest BCUT2D eigenvalue weighted by atomic mass is 10.1. The third-order valence-electron chi connectivity index (χ3n) is 4.25. The molecule has 1 N–H and O–H groups in total. The second-order valence-electron chi connectivity index (χ2n) is 6.36. The van der Waals surface area contributed by atoms with E-state index in [1.54, 1.807) is 7.11 Å². The summed E-state index contributed by atoms with van der Waals surface area (Å²) in [5.74, 6) is 0.592. The Morgan fingerprint density at radius 3 is 1.89 bits per heavy atom. The van der Waals surface area contributed by atoms with E-state index < -0.39 is 0 Å². The summed E-state index contributed by atoms with van der Waals surface area (Å²) in [6.07, 6.45) is 0. The van der Waals surface area contributed by atoms with Crippen molar-refractivity contribution in [2.75, 3.05) is 19.0 Å². The van der Waals surface area contributed by atoms with Gasteiger partial charge in [-0.05, 0) is 23.3 Å². The van der Waals surface area contributed by atoms with Crippen LogP contribution in [-0.2, 0) is 17.9 Å². The Morgan fingerprint density at radius 1 is 0.815 bits per heavy atom. The summed E-state index contributed by atoms with van der Waals surface area (Å²) in [5.41, 5.74) is 3.04. The number of rotatable bonds is 8. The Hall–Kier alpha value is -3.11. The maximum atomic E-state index is 12.7. The molecule has 0 spiro atoms. The van der Waals surface area contributed by atoms with Crippen molar-refractivity contribution in [3.05, 3.63) is 96.1 Å². The topological polar surface area (TPSA) is 41.6 Å². The zero-order chi connectivity index (χ0) is 18.9. The Morgan fingerprint density at radius 2 is 1.33 bits per heavy atom. The van der Waals surface area contributed by atoms with E-state index in [2.05, 4.69) is 34.5 Å². The molecule has 0 radical (unpaired) electrons. The molecule has 3 aromatic rings. The Balaban J connectivity index is 1.70. The predicted molar refractivity (Wildman–Crippen MR) is 109 cm³/mol. The van der Waals surface area contributed by atoms with Crippen LogP contribution in [0.4, 0.5) is 5.69 Å². The third kappa shape index (κ3) is 5.69. The normalized spacial score (nSPS) is 10.6. The molecule has 0 fully saturated rings. The molecule has 4 heteroatoms. The fourth-order valence-electron chi connectivity index (χ4n) is 2.99. The monoisotopic (exact) mass is 360 g/mol. The van der Waals surface area contributed by atoms with Crippen LogP contribution in [-0.4, -0.2) is 24.5 Å². The first-order chi connectivity index (χ1) is 13.2. The number of para-hydroxylation sites is 2. The molecule has 0 saturated heterocycles. The highest BCUT2D eigenvalue weighted by Gasteiger charge is 2.14. The van der Waals surface area contributed by atoms with Crippen molar-refractivity contribution in [1.82, 2.24) is 4.90 Å². The highest BCUT2D eigenvalue weighted by Crippen LogP contribution is 2.23. The molecule has 0 atom stereocenters. The lowest BCUT2D eigenvalue weighted by molar-refractivity contribution is -0.117. The number of nitrogens with zero attached hydrogens (tertiary/aromatic N) is 1. The summed E-state index contributed by atoms with van der Waals surface area (Å²) >= 11 is 0. The third-order valence-corrected chi connectivity index (χ3v) is 4.25. The van der Waals surface area contributed by atoms with Crippen molar-refractivity contribution < 1.29 is 9.53 Å². The van der Waals surface area contributed by atoms with Gasteiger partial charge in [-0.2, -0.15) is 0 Å². The summed E-state index contributed by atoms with van der Waals surface area (Å²) in [7, 11) is 1.60. The van der Waals surface area contributed by atoms with Crippen LogP contribution in [0.5, 0.6) is 5.75 Å². The largest absolute Gasteiger partial charge is 0.495 e. The summed E-state index contributed by atoms with van der Waals surface area (Å²) in [6, 6.07) is 27.8. The van der Waals surface area contributed by atoms with Gasteiger partial charge in [0.05, 0.1) is 19.3 Å². The van der Waals surface area contributed by atoms with Gasteiger partial charge in [0.1, 0.15) is 5.75 Å². The first-order valence-corrected chi connectivity index (χ1v) is 8.97. The number of methoxy groups -OCH3 is 1. The molecule has 0 aliphatic heterocycles. The number of amides is 1.